The van der Waals surface area contributed by atoms with Gasteiger partial charge in [-0.25, -0.2) is 9.80 Å². The average Bonchev–Trinajstić information content (AvgIpc) is 3.50. The number of nitrogens with one attached hydrogen (secondary N) is 1. The van der Waals surface area contributed by atoms with Gasteiger partial charge in [-0.3, -0.25) is 24.0 Å². The van der Waals surface area contributed by atoms with Gasteiger partial charge in [0.25, 0.3) is 17.7 Å². The van der Waals surface area contributed by atoms with E-state index in [1.165, 1.54) is 31.3 Å². The molecule has 0 unspecified atom stereocenters. The fourth-order valence-corrected chi connectivity index (χ4v) is 5.99. The second-order valence-electron chi connectivity index (χ2n) is 14.9. The quantitative estimate of drug-likeness (QED) is 0.0534. The van der Waals surface area contributed by atoms with Crippen molar-refractivity contribution in [3.8, 4) is 28.2 Å². The molecule has 4 amide bonds. The van der Waals surface area contributed by atoms with Gasteiger partial charge >= 0.3 is 5.97 Å². The third-order valence-corrected chi connectivity index (χ3v) is 9.35. The van der Waals surface area contributed by atoms with Gasteiger partial charge in [-0.1, -0.05) is 23.4 Å². The number of ether oxygens (including phenoxy) is 1. The monoisotopic (exact) mass is 775 g/mol. The summed E-state index contributed by atoms with van der Waals surface area (Å²) >= 11 is 0. The first-order valence-electron chi connectivity index (χ1n) is 18.1. The van der Waals surface area contributed by atoms with Crippen LogP contribution in [0, 0.1) is 5.41 Å². The van der Waals surface area contributed by atoms with E-state index in [-0.39, 0.29) is 43.0 Å². The van der Waals surface area contributed by atoms with Crippen molar-refractivity contribution in [2.75, 3.05) is 19.0 Å². The Hall–Kier alpha value is -6.74. The Morgan fingerprint density at radius 1 is 0.895 bits per heavy atom. The van der Waals surface area contributed by atoms with E-state index in [1.807, 2.05) is 0 Å². The van der Waals surface area contributed by atoms with Crippen LogP contribution in [0.4, 0.5) is 11.4 Å². The molecule has 0 radical (unpaired) electrons. The Morgan fingerprint density at radius 3 is 2.32 bits per heavy atom. The van der Waals surface area contributed by atoms with Gasteiger partial charge < -0.3 is 24.4 Å². The fraction of sp³-hybridized carbons (Fsp3) is 0.286. The summed E-state index contributed by atoms with van der Waals surface area (Å²) in [7, 11) is 1.48. The molecule has 0 saturated carbocycles. The van der Waals surface area contributed by atoms with E-state index < -0.39 is 34.7 Å². The summed E-state index contributed by atoms with van der Waals surface area (Å²) in [6, 6.07) is 22.6. The lowest BCUT2D eigenvalue weighted by atomic mass is 9.90. The van der Waals surface area contributed by atoms with Crippen LogP contribution in [0.3, 0.4) is 0 Å². The fourth-order valence-electron chi connectivity index (χ4n) is 5.99. The maximum atomic E-state index is 13.8. The minimum absolute atomic E-state index is 0.00372. The van der Waals surface area contributed by atoms with Gasteiger partial charge in [-0.15, -0.1) is 10.2 Å². The summed E-state index contributed by atoms with van der Waals surface area (Å²) in [5, 5.41) is 23.5. The molecule has 57 heavy (non-hydrogen) atoms. The molecule has 0 bridgehead atoms. The van der Waals surface area contributed by atoms with Crippen LogP contribution >= 0.6 is 0 Å². The van der Waals surface area contributed by atoms with Crippen LogP contribution in [0.2, 0.25) is 0 Å². The molecular weight excluding hydrogens is 734 g/mol. The second-order valence-corrected chi connectivity index (χ2v) is 14.9. The lowest BCUT2D eigenvalue weighted by molar-refractivity contribution is -0.207. The number of phenolic OH excluding ortho intramolecular Hbond substituents is 1. The predicted octanol–water partition coefficient (Wildman–Crippen LogP) is 7.19. The highest BCUT2D eigenvalue weighted by atomic mass is 16.7. The van der Waals surface area contributed by atoms with Crippen LogP contribution in [0.5, 0.6) is 5.75 Å². The molecule has 3 aromatic carbocycles. The Balaban J connectivity index is 1.05. The number of fused-ring (bicyclic) bond motifs is 2. The summed E-state index contributed by atoms with van der Waals surface area (Å²) in [4.78, 5) is 80.2. The van der Waals surface area contributed by atoms with Gasteiger partial charge in [0.2, 0.25) is 5.91 Å². The first kappa shape index (κ1) is 39.9. The molecule has 2 aliphatic heterocycles. The van der Waals surface area contributed by atoms with E-state index >= 15 is 0 Å². The lowest BCUT2D eigenvalue weighted by Gasteiger charge is -2.31. The zero-order chi connectivity index (χ0) is 41.1. The Morgan fingerprint density at radius 2 is 1.60 bits per heavy atom. The average molecular weight is 776 g/mol. The largest absolute Gasteiger partial charge is 0.508 e. The molecular formula is C42H41N5O10. The van der Waals surface area contributed by atoms with E-state index in [4.69, 9.17) is 14.0 Å². The molecule has 0 atom stereocenters. The van der Waals surface area contributed by atoms with E-state index in [0.717, 1.165) is 5.01 Å². The Kier molecular flexibility index (Phi) is 11.3. The van der Waals surface area contributed by atoms with Crippen molar-refractivity contribution in [2.45, 2.75) is 59.0 Å². The van der Waals surface area contributed by atoms with Crippen LogP contribution in [0.1, 0.15) is 63.7 Å². The van der Waals surface area contributed by atoms with Gasteiger partial charge in [0.1, 0.15) is 17.1 Å². The number of rotatable bonds is 13. The highest BCUT2D eigenvalue weighted by Gasteiger charge is 2.39. The number of hydroxylamine groups is 2. The van der Waals surface area contributed by atoms with Gasteiger partial charge in [0.05, 0.1) is 23.3 Å². The summed E-state index contributed by atoms with van der Waals surface area (Å²) < 4.78 is 11.9. The zero-order valence-corrected chi connectivity index (χ0v) is 32.0. The van der Waals surface area contributed by atoms with Crippen LogP contribution in [0.25, 0.3) is 33.4 Å². The molecule has 6 rings (SSSR count). The van der Waals surface area contributed by atoms with Gasteiger partial charge in [0, 0.05) is 66.2 Å². The van der Waals surface area contributed by atoms with Gasteiger partial charge in [-0.05, 0) is 94.3 Å². The van der Waals surface area contributed by atoms with Crippen LogP contribution in [0.15, 0.2) is 104 Å². The van der Waals surface area contributed by atoms with Crippen LogP contribution in [-0.4, -0.2) is 64.0 Å². The molecule has 0 aromatic heterocycles. The zero-order valence-electron chi connectivity index (χ0n) is 32.0. The molecule has 1 aliphatic carbocycles. The molecule has 294 valence electrons. The summed E-state index contributed by atoms with van der Waals surface area (Å²) in [6.07, 6.45) is 0.419. The topological polar surface area (TPSA) is 197 Å². The SMILES string of the molecule is CN(N=Nc1ccc(NC(=O)CCC(C)(C)OCC(C)(C)C(=O)ON2C(=O)CCC2=O)cc1)C(=O)c1ccccc1-c1c2ccc(=O)cc-2oc2cc(O)ccc12. The van der Waals surface area contributed by atoms with E-state index in [0.29, 0.717) is 61.8 Å². The van der Waals surface area contributed by atoms with Crippen molar-refractivity contribution < 1.29 is 43.1 Å². The van der Waals surface area contributed by atoms with Gasteiger partial charge in [0.15, 0.2) is 5.43 Å². The smallest absolute Gasteiger partial charge is 0.341 e. The molecule has 15 nitrogen and oxygen atoms in total. The van der Waals surface area contributed by atoms with Crippen LogP contribution < -0.4 is 10.7 Å². The van der Waals surface area contributed by atoms with Crippen molar-refractivity contribution in [1.29, 1.82) is 0 Å². The maximum absolute atomic E-state index is 13.8. The first-order valence-corrected chi connectivity index (χ1v) is 18.1. The maximum Gasteiger partial charge on any atom is 0.341 e. The third-order valence-electron chi connectivity index (χ3n) is 9.35. The van der Waals surface area contributed by atoms with E-state index in [9.17, 15) is 33.9 Å². The number of imide groups is 1. The van der Waals surface area contributed by atoms with Crippen molar-refractivity contribution >= 4 is 51.9 Å². The van der Waals surface area contributed by atoms with Gasteiger partial charge in [-0.2, -0.15) is 0 Å². The molecule has 1 fully saturated rings. The number of benzene rings is 4. The molecule has 3 aromatic rings. The minimum Gasteiger partial charge on any atom is -0.508 e. The van der Waals surface area contributed by atoms with E-state index in [1.54, 1.807) is 88.4 Å². The van der Waals surface area contributed by atoms with Crippen molar-refractivity contribution in [3.05, 3.63) is 101 Å². The number of hydrogen-bond acceptors (Lipinski definition) is 12. The second kappa shape index (κ2) is 16.2. The number of amides is 4. The van der Waals surface area contributed by atoms with Crippen molar-refractivity contribution in [2.24, 2.45) is 15.8 Å². The number of nitrogens with zero attached hydrogens (tertiary/aromatic N) is 4. The molecule has 0 spiro atoms. The molecule has 2 N–H and O–H groups in total. The number of hydrogen-bond donors (Lipinski definition) is 2. The number of phenols is 1. The Labute approximate surface area is 327 Å². The van der Waals surface area contributed by atoms with Crippen LogP contribution in [-0.2, 0) is 28.8 Å². The van der Waals surface area contributed by atoms with E-state index in [2.05, 4.69) is 15.7 Å². The summed E-state index contributed by atoms with van der Waals surface area (Å²) in [5.41, 5.74) is 1.19. The standard InChI is InChI=1S/C42H41N5O10/c1-41(2,40(54)57-47-36(51)18-19-37(47)52)24-55-42(3,4)21-20-35(50)43-25-10-12-26(13-11-25)44-45-46(5)39(53)30-9-7-6-8-29(30)38-31-16-14-27(48)22-33(31)56-34-23-28(49)15-17-32(34)38/h6-17,22-23,48H,18-21,24H2,1-5H3,(H,43,50). The summed E-state index contributed by atoms with van der Waals surface area (Å²) in [6.45, 7) is 6.65. The molecule has 15 heteroatoms. The number of aromatic hydroxyl groups is 1. The lowest BCUT2D eigenvalue weighted by Crippen LogP contribution is -2.41. The van der Waals surface area contributed by atoms with Crippen molar-refractivity contribution in [3.63, 3.8) is 0 Å². The third kappa shape index (κ3) is 9.22. The number of anilines is 1. The highest BCUT2D eigenvalue weighted by Crippen LogP contribution is 2.42. The Bertz CT molecular complexity index is 2420. The number of carbonyl (C=O) groups excluding carboxylic acids is 5. The first-order chi connectivity index (χ1) is 27.0. The molecule has 1 saturated heterocycles. The normalized spacial score (nSPS) is 13.5. The molecule has 3 aliphatic rings. The predicted molar refractivity (Wildman–Crippen MR) is 208 cm³/mol. The van der Waals surface area contributed by atoms with Crippen molar-refractivity contribution in [1.82, 2.24) is 10.1 Å². The number of carbonyl (C=O) groups is 5. The highest BCUT2D eigenvalue weighted by molar-refractivity contribution is 6.09. The molecule has 2 heterocycles. The summed E-state index contributed by atoms with van der Waals surface area (Å²) in [5.74, 6) is -2.34. The minimum atomic E-state index is -1.17.